The van der Waals surface area contributed by atoms with E-state index in [4.69, 9.17) is 0 Å². The first-order valence-electron chi connectivity index (χ1n) is 7.26. The first kappa shape index (κ1) is 16.2. The van der Waals surface area contributed by atoms with Crippen LogP contribution in [0.4, 0.5) is 4.39 Å². The zero-order chi connectivity index (χ0) is 16.0. The van der Waals surface area contributed by atoms with Crippen LogP contribution in [0, 0.1) is 0 Å². The molecule has 2 rings (SSSR count). The second-order valence-electron chi connectivity index (χ2n) is 5.10. The third-order valence-corrected chi connectivity index (χ3v) is 3.90. The summed E-state index contributed by atoms with van der Waals surface area (Å²) < 4.78 is 15.1. The average Bonchev–Trinajstić information content (AvgIpc) is 2.57. The van der Waals surface area contributed by atoms with E-state index in [1.165, 1.54) is 7.05 Å². The van der Waals surface area contributed by atoms with Crippen molar-refractivity contribution in [2.75, 3.05) is 13.7 Å². The zero-order valence-electron chi connectivity index (χ0n) is 12.5. The van der Waals surface area contributed by atoms with Gasteiger partial charge >= 0.3 is 0 Å². The molecule has 1 amide bonds. The zero-order valence-corrected chi connectivity index (χ0v) is 12.5. The molecule has 2 N–H and O–H groups in total. The summed E-state index contributed by atoms with van der Waals surface area (Å²) in [6.07, 6.45) is -1.65. The molecule has 0 bridgehead atoms. The number of alkyl halides is 1. The van der Waals surface area contributed by atoms with Gasteiger partial charge in [0.2, 0.25) is 5.91 Å². The molecule has 0 fully saturated rings. The quantitative estimate of drug-likeness (QED) is 0.861. The van der Waals surface area contributed by atoms with Crippen molar-refractivity contribution >= 4 is 5.91 Å². The summed E-state index contributed by atoms with van der Waals surface area (Å²) >= 11 is 0. The summed E-state index contributed by atoms with van der Waals surface area (Å²) in [5.74, 6) is -0.425. The van der Waals surface area contributed by atoms with Crippen molar-refractivity contribution in [3.8, 4) is 0 Å². The standard InChI is InChI=1S/C18H20FNO2/c1-20-17(22)18(16(19)12-13-21,14-8-4-2-5-9-14)15-10-6-3-7-11-15/h2-11,16,21H,12-13H2,1H3,(H,20,22). The fraction of sp³-hybridized carbons (Fsp3) is 0.278. The van der Waals surface area contributed by atoms with E-state index in [-0.39, 0.29) is 13.0 Å². The van der Waals surface area contributed by atoms with Crippen LogP contribution in [0.3, 0.4) is 0 Å². The van der Waals surface area contributed by atoms with E-state index >= 15 is 4.39 Å². The number of rotatable bonds is 6. The number of benzene rings is 2. The molecule has 22 heavy (non-hydrogen) atoms. The van der Waals surface area contributed by atoms with Crippen LogP contribution in [0.2, 0.25) is 0 Å². The molecule has 4 heteroatoms. The molecule has 0 spiro atoms. The van der Waals surface area contributed by atoms with Gasteiger partial charge in [0.05, 0.1) is 0 Å². The third kappa shape index (κ3) is 2.74. The van der Waals surface area contributed by atoms with Crippen LogP contribution in [0.1, 0.15) is 17.5 Å². The van der Waals surface area contributed by atoms with Crippen molar-refractivity contribution in [3.05, 3.63) is 71.8 Å². The predicted octanol–water partition coefficient (Wildman–Crippen LogP) is 2.44. The van der Waals surface area contributed by atoms with E-state index in [1.807, 2.05) is 12.1 Å². The SMILES string of the molecule is CNC(=O)C(c1ccccc1)(c1ccccc1)C(F)CCO. The van der Waals surface area contributed by atoms with E-state index in [1.54, 1.807) is 48.5 Å². The molecule has 1 unspecified atom stereocenters. The number of carbonyl (C=O) groups excluding carboxylic acids is 1. The minimum absolute atomic E-state index is 0.114. The number of hydrogen-bond acceptors (Lipinski definition) is 2. The topological polar surface area (TPSA) is 49.3 Å². The van der Waals surface area contributed by atoms with Gasteiger partial charge in [-0.25, -0.2) is 4.39 Å². The van der Waals surface area contributed by atoms with Crippen LogP contribution in [0.15, 0.2) is 60.7 Å². The lowest BCUT2D eigenvalue weighted by Gasteiger charge is -2.36. The number of hydrogen-bond donors (Lipinski definition) is 2. The molecule has 2 aromatic rings. The van der Waals surface area contributed by atoms with Gasteiger partial charge in [0, 0.05) is 20.1 Å². The summed E-state index contributed by atoms with van der Waals surface area (Å²) in [5, 5.41) is 11.8. The van der Waals surface area contributed by atoms with E-state index in [0.29, 0.717) is 11.1 Å². The lowest BCUT2D eigenvalue weighted by molar-refractivity contribution is -0.127. The van der Waals surface area contributed by atoms with Crippen LogP contribution in [0.25, 0.3) is 0 Å². The summed E-state index contributed by atoms with van der Waals surface area (Å²) in [5.41, 5.74) is -0.331. The highest BCUT2D eigenvalue weighted by Crippen LogP contribution is 2.39. The average molecular weight is 301 g/mol. The van der Waals surface area contributed by atoms with E-state index in [2.05, 4.69) is 5.32 Å². The Kier molecular flexibility index (Phi) is 5.28. The van der Waals surface area contributed by atoms with Crippen molar-refractivity contribution in [1.29, 1.82) is 0 Å². The Morgan fingerprint density at radius 2 is 1.55 bits per heavy atom. The molecular formula is C18H20FNO2. The van der Waals surface area contributed by atoms with Crippen LogP contribution in [-0.4, -0.2) is 30.8 Å². The molecular weight excluding hydrogens is 281 g/mol. The van der Waals surface area contributed by atoms with Gasteiger partial charge in [0.25, 0.3) is 0 Å². The maximum Gasteiger partial charge on any atom is 0.237 e. The third-order valence-electron chi connectivity index (χ3n) is 3.90. The van der Waals surface area contributed by atoms with Gasteiger partial charge < -0.3 is 10.4 Å². The second-order valence-corrected chi connectivity index (χ2v) is 5.10. The number of likely N-dealkylation sites (N-methyl/N-ethyl adjacent to an activating group) is 1. The van der Waals surface area contributed by atoms with Crippen LogP contribution in [0.5, 0.6) is 0 Å². The maximum absolute atomic E-state index is 15.1. The van der Waals surface area contributed by atoms with Gasteiger partial charge in [-0.05, 0) is 11.1 Å². The Balaban J connectivity index is 2.72. The molecule has 0 aliphatic carbocycles. The summed E-state index contributed by atoms with van der Waals surface area (Å²) in [6, 6.07) is 17.7. The van der Waals surface area contributed by atoms with Crippen molar-refractivity contribution in [2.24, 2.45) is 0 Å². The molecule has 1 atom stereocenters. The van der Waals surface area contributed by atoms with Gasteiger partial charge in [-0.3, -0.25) is 4.79 Å². The van der Waals surface area contributed by atoms with Crippen molar-refractivity contribution in [2.45, 2.75) is 18.0 Å². The number of aliphatic hydroxyl groups excluding tert-OH is 1. The molecule has 0 saturated carbocycles. The first-order chi connectivity index (χ1) is 10.7. The maximum atomic E-state index is 15.1. The van der Waals surface area contributed by atoms with Gasteiger partial charge in [-0.2, -0.15) is 0 Å². The Morgan fingerprint density at radius 1 is 1.09 bits per heavy atom. The van der Waals surface area contributed by atoms with Crippen molar-refractivity contribution in [3.63, 3.8) is 0 Å². The molecule has 116 valence electrons. The predicted molar refractivity (Wildman–Crippen MR) is 84.3 cm³/mol. The minimum Gasteiger partial charge on any atom is -0.396 e. The fourth-order valence-corrected chi connectivity index (χ4v) is 2.86. The normalized spacial score (nSPS) is 12.7. The molecule has 0 radical (unpaired) electrons. The molecule has 0 aliphatic rings. The highest BCUT2D eigenvalue weighted by Gasteiger charge is 2.48. The first-order valence-corrected chi connectivity index (χ1v) is 7.26. The smallest absolute Gasteiger partial charge is 0.237 e. The van der Waals surface area contributed by atoms with Crippen LogP contribution < -0.4 is 5.32 Å². The Hall–Kier alpha value is -2.20. The number of amides is 1. The highest BCUT2D eigenvalue weighted by atomic mass is 19.1. The summed E-state index contributed by atoms with van der Waals surface area (Å²) in [6.45, 7) is -0.320. The summed E-state index contributed by atoms with van der Waals surface area (Å²) in [4.78, 5) is 12.7. The number of aliphatic hydroxyl groups is 1. The Bertz CT molecular complexity index is 561. The lowest BCUT2D eigenvalue weighted by Crippen LogP contribution is -2.51. The number of nitrogens with one attached hydrogen (secondary N) is 1. The summed E-state index contributed by atoms with van der Waals surface area (Å²) in [7, 11) is 1.49. The van der Waals surface area contributed by atoms with E-state index in [0.717, 1.165) is 0 Å². The van der Waals surface area contributed by atoms with Crippen molar-refractivity contribution < 1.29 is 14.3 Å². The monoisotopic (exact) mass is 301 g/mol. The minimum atomic E-state index is -1.54. The van der Waals surface area contributed by atoms with E-state index < -0.39 is 17.5 Å². The van der Waals surface area contributed by atoms with Gasteiger partial charge in [0.1, 0.15) is 11.6 Å². The fourth-order valence-electron chi connectivity index (χ4n) is 2.86. The number of halogens is 1. The Labute approximate surface area is 129 Å². The van der Waals surface area contributed by atoms with Gasteiger partial charge in [-0.15, -0.1) is 0 Å². The molecule has 0 aliphatic heterocycles. The molecule has 0 saturated heterocycles. The van der Waals surface area contributed by atoms with E-state index in [9.17, 15) is 9.90 Å². The lowest BCUT2D eigenvalue weighted by atomic mass is 9.69. The highest BCUT2D eigenvalue weighted by molar-refractivity contribution is 5.92. The molecule has 2 aromatic carbocycles. The van der Waals surface area contributed by atoms with Crippen LogP contribution in [-0.2, 0) is 10.2 Å². The van der Waals surface area contributed by atoms with Gasteiger partial charge in [-0.1, -0.05) is 60.7 Å². The van der Waals surface area contributed by atoms with Gasteiger partial charge in [0.15, 0.2) is 0 Å². The number of carbonyl (C=O) groups is 1. The van der Waals surface area contributed by atoms with Crippen LogP contribution >= 0.6 is 0 Å². The molecule has 3 nitrogen and oxygen atoms in total. The Morgan fingerprint density at radius 3 is 1.91 bits per heavy atom. The largest absolute Gasteiger partial charge is 0.396 e. The van der Waals surface area contributed by atoms with Crippen molar-refractivity contribution in [1.82, 2.24) is 5.32 Å². The molecule has 0 heterocycles. The second kappa shape index (κ2) is 7.18. The molecule has 0 aromatic heterocycles.